The highest BCUT2D eigenvalue weighted by Crippen LogP contribution is 2.23. The van der Waals surface area contributed by atoms with Crippen LogP contribution < -0.4 is 5.32 Å². The number of nitrogens with one attached hydrogen (secondary N) is 1. The lowest BCUT2D eigenvalue weighted by atomic mass is 9.87. The molecule has 1 atom stereocenters. The van der Waals surface area contributed by atoms with Gasteiger partial charge in [0.15, 0.2) is 0 Å². The summed E-state index contributed by atoms with van der Waals surface area (Å²) < 4.78 is 1.73. The summed E-state index contributed by atoms with van der Waals surface area (Å²) in [5, 5.41) is 7.38. The SMILES string of the molecule is Cc1nc2ncnn2c(C)c1CCC(=O)NC1(C)CC=CCC1. The fraction of sp³-hybridized carbons (Fsp3) is 0.529. The number of hydrogen-bond acceptors (Lipinski definition) is 4. The summed E-state index contributed by atoms with van der Waals surface area (Å²) in [6, 6.07) is 0. The highest BCUT2D eigenvalue weighted by Gasteiger charge is 2.26. The molecular weight excluding hydrogens is 290 g/mol. The smallest absolute Gasteiger partial charge is 0.252 e. The van der Waals surface area contributed by atoms with E-state index in [1.165, 1.54) is 6.33 Å². The second kappa shape index (κ2) is 6.10. The largest absolute Gasteiger partial charge is 0.351 e. The molecule has 6 nitrogen and oxygen atoms in total. The molecule has 2 aromatic rings. The molecule has 1 amide bonds. The van der Waals surface area contributed by atoms with E-state index in [1.54, 1.807) is 4.52 Å². The van der Waals surface area contributed by atoms with Crippen LogP contribution in [-0.2, 0) is 11.2 Å². The topological polar surface area (TPSA) is 72.2 Å². The summed E-state index contributed by atoms with van der Waals surface area (Å²) in [5.41, 5.74) is 2.89. The van der Waals surface area contributed by atoms with Gasteiger partial charge in [0.25, 0.3) is 5.78 Å². The van der Waals surface area contributed by atoms with E-state index in [1.807, 2.05) is 13.8 Å². The fourth-order valence-electron chi connectivity index (χ4n) is 3.23. The Morgan fingerprint density at radius 1 is 1.39 bits per heavy atom. The predicted molar refractivity (Wildman–Crippen MR) is 88.1 cm³/mol. The van der Waals surface area contributed by atoms with E-state index < -0.39 is 0 Å². The van der Waals surface area contributed by atoms with E-state index >= 15 is 0 Å². The Bertz CT molecular complexity index is 764. The average Bonchev–Trinajstić information content (AvgIpc) is 2.95. The molecule has 0 aromatic carbocycles. The van der Waals surface area contributed by atoms with Crippen molar-refractivity contribution in [1.29, 1.82) is 0 Å². The molecule has 0 bridgehead atoms. The van der Waals surface area contributed by atoms with Crippen molar-refractivity contribution in [3.8, 4) is 0 Å². The minimum Gasteiger partial charge on any atom is -0.351 e. The highest BCUT2D eigenvalue weighted by atomic mass is 16.1. The molecule has 1 N–H and O–H groups in total. The van der Waals surface area contributed by atoms with Gasteiger partial charge >= 0.3 is 0 Å². The Morgan fingerprint density at radius 3 is 2.96 bits per heavy atom. The minimum atomic E-state index is -0.107. The van der Waals surface area contributed by atoms with Crippen LogP contribution in [0, 0.1) is 13.8 Å². The van der Waals surface area contributed by atoms with E-state index in [-0.39, 0.29) is 11.4 Å². The molecule has 1 unspecified atom stereocenters. The molecule has 1 aliphatic rings. The van der Waals surface area contributed by atoms with Crippen molar-refractivity contribution in [2.75, 3.05) is 0 Å². The number of carbonyl (C=O) groups is 1. The predicted octanol–water partition coefficient (Wildman–Crippen LogP) is 2.29. The average molecular weight is 313 g/mol. The van der Waals surface area contributed by atoms with Gasteiger partial charge in [0.2, 0.25) is 5.91 Å². The first-order chi connectivity index (χ1) is 11.0. The lowest BCUT2D eigenvalue weighted by Gasteiger charge is -2.32. The van der Waals surface area contributed by atoms with Gasteiger partial charge in [-0.2, -0.15) is 10.1 Å². The van der Waals surface area contributed by atoms with Crippen LogP contribution in [0.4, 0.5) is 0 Å². The molecule has 2 aromatic heterocycles. The zero-order valence-corrected chi connectivity index (χ0v) is 14.0. The van der Waals surface area contributed by atoms with Crippen molar-refractivity contribution in [3.05, 3.63) is 35.4 Å². The van der Waals surface area contributed by atoms with Gasteiger partial charge in [0.05, 0.1) is 0 Å². The van der Waals surface area contributed by atoms with Gasteiger partial charge in [-0.15, -0.1) is 0 Å². The van der Waals surface area contributed by atoms with E-state index in [0.29, 0.717) is 18.6 Å². The van der Waals surface area contributed by atoms with E-state index in [0.717, 1.165) is 36.2 Å². The van der Waals surface area contributed by atoms with E-state index in [2.05, 4.69) is 39.5 Å². The molecule has 3 rings (SSSR count). The monoisotopic (exact) mass is 313 g/mol. The van der Waals surface area contributed by atoms with Crippen LogP contribution in [0.15, 0.2) is 18.5 Å². The normalized spacial score (nSPS) is 20.8. The lowest BCUT2D eigenvalue weighted by Crippen LogP contribution is -2.46. The van der Waals surface area contributed by atoms with Gasteiger partial charge in [-0.3, -0.25) is 4.79 Å². The number of carbonyl (C=O) groups excluding carboxylic acids is 1. The minimum absolute atomic E-state index is 0.0975. The highest BCUT2D eigenvalue weighted by molar-refractivity contribution is 5.77. The Labute approximate surface area is 136 Å². The summed E-state index contributed by atoms with van der Waals surface area (Å²) >= 11 is 0. The maximum Gasteiger partial charge on any atom is 0.252 e. The summed E-state index contributed by atoms with van der Waals surface area (Å²) in [5.74, 6) is 0.704. The fourth-order valence-corrected chi connectivity index (χ4v) is 3.23. The number of hydrogen-bond donors (Lipinski definition) is 1. The standard InChI is InChI=1S/C17H23N5O/c1-12-14(13(2)22-16(20-12)18-11-19-22)7-8-15(23)21-17(3)9-5-4-6-10-17/h4-5,11H,6-10H2,1-3H3,(H,21,23). The summed E-state index contributed by atoms with van der Waals surface area (Å²) in [6.07, 6.45) is 9.90. The Kier molecular flexibility index (Phi) is 4.15. The van der Waals surface area contributed by atoms with Crippen LogP contribution >= 0.6 is 0 Å². The van der Waals surface area contributed by atoms with Crippen molar-refractivity contribution in [2.24, 2.45) is 0 Å². The molecule has 23 heavy (non-hydrogen) atoms. The van der Waals surface area contributed by atoms with Crippen LogP contribution in [0.3, 0.4) is 0 Å². The van der Waals surface area contributed by atoms with E-state index in [9.17, 15) is 4.79 Å². The Morgan fingerprint density at radius 2 is 2.22 bits per heavy atom. The number of aromatic nitrogens is 4. The molecule has 0 saturated heterocycles. The first kappa shape index (κ1) is 15.6. The lowest BCUT2D eigenvalue weighted by molar-refractivity contribution is -0.122. The van der Waals surface area contributed by atoms with Gasteiger partial charge in [-0.05, 0) is 52.0 Å². The van der Waals surface area contributed by atoms with Crippen LogP contribution in [0.25, 0.3) is 5.78 Å². The Hall–Kier alpha value is -2.24. The third kappa shape index (κ3) is 3.25. The second-order valence-corrected chi connectivity index (χ2v) is 6.56. The molecule has 0 saturated carbocycles. The van der Waals surface area contributed by atoms with Gasteiger partial charge in [-0.1, -0.05) is 12.2 Å². The molecule has 122 valence electrons. The van der Waals surface area contributed by atoms with E-state index in [4.69, 9.17) is 0 Å². The van der Waals surface area contributed by atoms with Crippen molar-refractivity contribution in [2.45, 2.75) is 58.4 Å². The molecule has 2 heterocycles. The summed E-state index contributed by atoms with van der Waals surface area (Å²) in [4.78, 5) is 20.9. The third-order valence-corrected chi connectivity index (χ3v) is 4.63. The number of allylic oxidation sites excluding steroid dienone is 1. The van der Waals surface area contributed by atoms with Crippen molar-refractivity contribution in [3.63, 3.8) is 0 Å². The molecule has 0 aliphatic heterocycles. The molecule has 0 fully saturated rings. The zero-order chi connectivity index (χ0) is 16.4. The van der Waals surface area contributed by atoms with Gasteiger partial charge in [0, 0.05) is 23.3 Å². The molecule has 1 aliphatic carbocycles. The van der Waals surface area contributed by atoms with Gasteiger partial charge < -0.3 is 5.32 Å². The quantitative estimate of drug-likeness (QED) is 0.879. The van der Waals surface area contributed by atoms with Crippen LogP contribution in [0.5, 0.6) is 0 Å². The first-order valence-electron chi connectivity index (χ1n) is 8.10. The first-order valence-corrected chi connectivity index (χ1v) is 8.10. The summed E-state index contributed by atoms with van der Waals surface area (Å²) in [6.45, 7) is 6.08. The maximum absolute atomic E-state index is 12.3. The third-order valence-electron chi connectivity index (χ3n) is 4.63. The molecule has 0 spiro atoms. The zero-order valence-electron chi connectivity index (χ0n) is 14.0. The number of fused-ring (bicyclic) bond motifs is 1. The van der Waals surface area contributed by atoms with Crippen LogP contribution in [-0.4, -0.2) is 31.0 Å². The van der Waals surface area contributed by atoms with Crippen LogP contribution in [0.2, 0.25) is 0 Å². The molecule has 6 heteroatoms. The van der Waals surface area contributed by atoms with Gasteiger partial charge in [-0.25, -0.2) is 9.50 Å². The maximum atomic E-state index is 12.3. The number of aryl methyl sites for hydroxylation is 2. The van der Waals surface area contributed by atoms with Gasteiger partial charge in [0.1, 0.15) is 6.33 Å². The number of nitrogens with zero attached hydrogens (tertiary/aromatic N) is 4. The molecule has 0 radical (unpaired) electrons. The summed E-state index contributed by atoms with van der Waals surface area (Å²) in [7, 11) is 0. The Balaban J connectivity index is 1.68. The number of rotatable bonds is 4. The van der Waals surface area contributed by atoms with Crippen molar-refractivity contribution < 1.29 is 4.79 Å². The van der Waals surface area contributed by atoms with Crippen LogP contribution in [0.1, 0.15) is 49.6 Å². The van der Waals surface area contributed by atoms with Crippen molar-refractivity contribution >= 4 is 11.7 Å². The molecular formula is C17H23N5O. The number of amides is 1. The second-order valence-electron chi connectivity index (χ2n) is 6.56. The van der Waals surface area contributed by atoms with Crippen molar-refractivity contribution in [1.82, 2.24) is 24.9 Å².